The molecular formula is C10H15N3O8SSe. The fourth-order valence-electron chi connectivity index (χ4n) is 1.47. The van der Waals surface area contributed by atoms with E-state index < -0.39 is 55.7 Å². The second kappa shape index (κ2) is 8.24. The molecule has 0 aliphatic carbocycles. The summed E-state index contributed by atoms with van der Waals surface area (Å²) in [4.78, 5) is 46.2. The molecule has 1 saturated heterocycles. The molecule has 2 unspecified atom stereocenters. The van der Waals surface area contributed by atoms with Crippen molar-refractivity contribution in [1.82, 2.24) is 10.6 Å². The Hall–Kier alpha value is -1.69. The summed E-state index contributed by atoms with van der Waals surface area (Å²) >= 11 is -1.87. The standard InChI is InChI=1S/C10H15N3O8SSe/c11-5-1-2-7(14)13-6(4-22)9(16)12-3-8(15)20-23(18,19)21-10(5)17/h5-6,22H,1-4,11H2,(H,12,16)(H,13,14). The van der Waals surface area contributed by atoms with Crippen LogP contribution in [0.1, 0.15) is 12.8 Å². The summed E-state index contributed by atoms with van der Waals surface area (Å²) in [5, 5.41) is 4.41. The summed E-state index contributed by atoms with van der Waals surface area (Å²) in [7, 11) is 0. The van der Waals surface area contributed by atoms with Crippen LogP contribution in [0.2, 0.25) is 0 Å². The fourth-order valence-corrected chi connectivity index (χ4v) is 3.08. The minimum atomic E-state index is -5.77. The normalized spacial score (nSPS) is 27.0. The van der Waals surface area contributed by atoms with Gasteiger partial charge in [-0.15, -0.1) is 0 Å². The van der Waals surface area contributed by atoms with E-state index in [9.17, 15) is 26.8 Å². The summed E-state index contributed by atoms with van der Waals surface area (Å²) in [6.45, 7) is -0.799. The van der Waals surface area contributed by atoms with Crippen molar-refractivity contribution in [2.45, 2.75) is 24.9 Å². The van der Waals surface area contributed by atoms with Crippen LogP contribution in [0.4, 0.5) is 0 Å². The van der Waals surface area contributed by atoms with Gasteiger partial charge in [-0.05, 0) is 0 Å². The first kappa shape index (κ1) is 19.4. The van der Waals surface area contributed by atoms with Crippen molar-refractivity contribution in [3.63, 3.8) is 0 Å². The van der Waals surface area contributed by atoms with E-state index in [-0.39, 0.29) is 18.6 Å². The monoisotopic (exact) mass is 417 g/mol. The number of carbonyl (C=O) groups excluding carboxylic acids is 4. The van der Waals surface area contributed by atoms with Crippen LogP contribution in [-0.4, -0.2) is 61.5 Å². The zero-order valence-corrected chi connectivity index (χ0v) is 14.3. The van der Waals surface area contributed by atoms with Crippen molar-refractivity contribution in [1.29, 1.82) is 0 Å². The Balaban J connectivity index is 2.93. The van der Waals surface area contributed by atoms with Crippen molar-refractivity contribution in [3.8, 4) is 0 Å². The third-order valence-electron chi connectivity index (χ3n) is 2.61. The maximum absolute atomic E-state index is 11.7. The predicted molar refractivity (Wildman–Crippen MR) is 75.3 cm³/mol. The van der Waals surface area contributed by atoms with Gasteiger partial charge in [0.05, 0.1) is 0 Å². The molecule has 2 atom stereocenters. The molecule has 0 bridgehead atoms. The quantitative estimate of drug-likeness (QED) is 0.257. The SMILES string of the molecule is NC1CCC(=O)NC(CS)C(=O)NCC(=O)O[Se](=O)(=O)OC1=O. The van der Waals surface area contributed by atoms with Gasteiger partial charge < -0.3 is 0 Å². The number of amides is 2. The van der Waals surface area contributed by atoms with E-state index in [0.717, 1.165) is 0 Å². The Bertz CT molecular complexity index is 607. The van der Waals surface area contributed by atoms with Crippen LogP contribution >= 0.6 is 12.6 Å². The van der Waals surface area contributed by atoms with Crippen LogP contribution in [0, 0.1) is 0 Å². The Morgan fingerprint density at radius 2 is 1.87 bits per heavy atom. The molecule has 130 valence electrons. The van der Waals surface area contributed by atoms with E-state index >= 15 is 0 Å². The number of rotatable bonds is 1. The van der Waals surface area contributed by atoms with Crippen molar-refractivity contribution < 1.29 is 34.5 Å². The van der Waals surface area contributed by atoms with Gasteiger partial charge in [0, 0.05) is 0 Å². The van der Waals surface area contributed by atoms with Crippen LogP contribution in [0.25, 0.3) is 0 Å². The van der Waals surface area contributed by atoms with Crippen molar-refractivity contribution >= 4 is 49.8 Å². The molecule has 1 fully saturated rings. The van der Waals surface area contributed by atoms with Gasteiger partial charge in [0.15, 0.2) is 0 Å². The predicted octanol–water partition coefficient (Wildman–Crippen LogP) is -2.98. The summed E-state index contributed by atoms with van der Waals surface area (Å²) in [5.41, 5.74) is 5.40. The van der Waals surface area contributed by atoms with Crippen LogP contribution in [-0.2, 0) is 34.5 Å². The first-order valence-corrected chi connectivity index (χ1v) is 9.71. The molecule has 23 heavy (non-hydrogen) atoms. The Labute approximate surface area is 138 Å². The molecule has 1 aliphatic heterocycles. The average molecular weight is 416 g/mol. The maximum atomic E-state index is 11.7. The van der Waals surface area contributed by atoms with Crippen LogP contribution in [0.3, 0.4) is 0 Å². The molecule has 0 saturated carbocycles. The van der Waals surface area contributed by atoms with E-state index in [1.54, 1.807) is 0 Å². The average Bonchev–Trinajstić information content (AvgIpc) is 2.45. The molecule has 13 heteroatoms. The van der Waals surface area contributed by atoms with E-state index in [1.807, 2.05) is 0 Å². The molecule has 2 amide bonds. The second-order valence-corrected chi connectivity index (χ2v) is 7.21. The zero-order chi connectivity index (χ0) is 17.6. The molecule has 0 aromatic carbocycles. The van der Waals surface area contributed by atoms with Gasteiger partial charge in [-0.25, -0.2) is 0 Å². The van der Waals surface area contributed by atoms with Crippen LogP contribution < -0.4 is 16.4 Å². The van der Waals surface area contributed by atoms with Crippen molar-refractivity contribution in [2.24, 2.45) is 5.73 Å². The Morgan fingerprint density at radius 1 is 1.22 bits per heavy atom. The number of thiol groups is 1. The summed E-state index contributed by atoms with van der Waals surface area (Å²) in [6.07, 6.45) is -0.478. The van der Waals surface area contributed by atoms with Gasteiger partial charge in [0.2, 0.25) is 0 Å². The van der Waals surface area contributed by atoms with Gasteiger partial charge in [-0.3, -0.25) is 0 Å². The molecule has 1 aliphatic rings. The van der Waals surface area contributed by atoms with Crippen molar-refractivity contribution in [2.75, 3.05) is 12.3 Å². The topological polar surface area (TPSA) is 171 Å². The van der Waals surface area contributed by atoms with E-state index in [4.69, 9.17) is 5.73 Å². The molecule has 11 nitrogen and oxygen atoms in total. The summed E-state index contributed by atoms with van der Waals surface area (Å²) < 4.78 is 30.9. The molecular weight excluding hydrogens is 401 g/mol. The third kappa shape index (κ3) is 6.52. The summed E-state index contributed by atoms with van der Waals surface area (Å²) in [5.74, 6) is -4.12. The zero-order valence-electron chi connectivity index (χ0n) is 11.7. The van der Waals surface area contributed by atoms with Gasteiger partial charge in [-0.1, -0.05) is 0 Å². The molecule has 0 aromatic heterocycles. The molecule has 0 radical (unpaired) electrons. The molecule has 0 spiro atoms. The van der Waals surface area contributed by atoms with Gasteiger partial charge in [0.25, 0.3) is 0 Å². The third-order valence-corrected chi connectivity index (χ3v) is 4.56. The Morgan fingerprint density at radius 3 is 2.48 bits per heavy atom. The number of carbonyl (C=O) groups is 4. The van der Waals surface area contributed by atoms with Crippen LogP contribution in [0.15, 0.2) is 0 Å². The van der Waals surface area contributed by atoms with Gasteiger partial charge in [0.1, 0.15) is 0 Å². The van der Waals surface area contributed by atoms with E-state index in [0.29, 0.717) is 0 Å². The fraction of sp³-hybridized carbons (Fsp3) is 0.600. The van der Waals surface area contributed by atoms with E-state index in [2.05, 4.69) is 30.9 Å². The molecule has 0 aromatic rings. The van der Waals surface area contributed by atoms with Gasteiger partial charge >= 0.3 is 138 Å². The van der Waals surface area contributed by atoms with Gasteiger partial charge in [-0.2, -0.15) is 0 Å². The van der Waals surface area contributed by atoms with Crippen molar-refractivity contribution in [3.05, 3.63) is 0 Å². The Kier molecular flexibility index (Phi) is 6.94. The molecule has 4 N–H and O–H groups in total. The number of hydrogen-bond donors (Lipinski definition) is 4. The minimum absolute atomic E-state index is 0.0659. The molecule has 1 heterocycles. The second-order valence-electron chi connectivity index (χ2n) is 4.43. The first-order chi connectivity index (χ1) is 10.6. The van der Waals surface area contributed by atoms with E-state index in [1.165, 1.54) is 0 Å². The number of nitrogens with two attached hydrogens (primary N) is 1. The summed E-state index contributed by atoms with van der Waals surface area (Å²) in [6, 6.07) is -2.46. The number of hydrogen-bond acceptors (Lipinski definition) is 10. The molecule has 1 rings (SSSR count). The van der Waals surface area contributed by atoms with Crippen LogP contribution in [0.5, 0.6) is 0 Å². The first-order valence-electron chi connectivity index (χ1n) is 6.28. The number of nitrogens with one attached hydrogen (secondary N) is 2.